The van der Waals surface area contributed by atoms with Gasteiger partial charge >= 0.3 is 0 Å². The first-order valence-corrected chi connectivity index (χ1v) is 6.54. The van der Waals surface area contributed by atoms with Gasteiger partial charge in [-0.15, -0.1) is 0 Å². The van der Waals surface area contributed by atoms with Gasteiger partial charge in [-0.2, -0.15) is 0 Å². The first-order valence-electron chi connectivity index (χ1n) is 5.74. The number of carbonyl (C=O) groups excluding carboxylic acids is 1. The molecule has 0 aliphatic carbocycles. The fourth-order valence-electron chi connectivity index (χ4n) is 1.62. The summed E-state index contributed by atoms with van der Waals surface area (Å²) < 4.78 is 14.2. The van der Waals surface area contributed by atoms with Gasteiger partial charge in [0, 0.05) is 29.0 Å². The van der Waals surface area contributed by atoms with Crippen LogP contribution in [-0.2, 0) is 17.8 Å². The molecule has 2 aromatic rings. The molecule has 0 fully saturated rings. The third kappa shape index (κ3) is 4.13. The van der Waals surface area contributed by atoms with Gasteiger partial charge in [0.2, 0.25) is 5.91 Å². The fourth-order valence-corrected chi connectivity index (χ4v) is 2.03. The highest BCUT2D eigenvalue weighted by atomic mass is 79.9. The Balaban J connectivity index is 1.92. The van der Waals surface area contributed by atoms with E-state index in [0.29, 0.717) is 5.56 Å². The molecule has 2 rings (SSSR count). The van der Waals surface area contributed by atoms with Crippen LogP contribution in [-0.4, -0.2) is 10.9 Å². The van der Waals surface area contributed by atoms with Gasteiger partial charge in [0.1, 0.15) is 5.82 Å². The summed E-state index contributed by atoms with van der Waals surface area (Å²) in [6.45, 7) is 0.171. The number of pyridine rings is 1. The lowest BCUT2D eigenvalue weighted by atomic mass is 10.2. The molecule has 98 valence electrons. The van der Waals surface area contributed by atoms with Crippen molar-refractivity contribution < 1.29 is 9.18 Å². The van der Waals surface area contributed by atoms with E-state index in [0.717, 1.165) is 10.0 Å². The molecule has 3 nitrogen and oxygen atoms in total. The normalized spacial score (nSPS) is 10.2. The number of nitrogens with zero attached hydrogens (tertiary/aromatic N) is 1. The molecule has 1 aromatic heterocycles. The zero-order valence-corrected chi connectivity index (χ0v) is 11.7. The van der Waals surface area contributed by atoms with E-state index in [-0.39, 0.29) is 24.7 Å². The van der Waals surface area contributed by atoms with Crippen LogP contribution in [0.4, 0.5) is 4.39 Å². The molecule has 1 amide bonds. The first-order chi connectivity index (χ1) is 9.15. The summed E-state index contributed by atoms with van der Waals surface area (Å²) in [4.78, 5) is 15.6. The Labute approximate surface area is 119 Å². The van der Waals surface area contributed by atoms with Crippen molar-refractivity contribution in [3.63, 3.8) is 0 Å². The lowest BCUT2D eigenvalue weighted by Crippen LogP contribution is -2.25. The molecule has 19 heavy (non-hydrogen) atoms. The van der Waals surface area contributed by atoms with Crippen molar-refractivity contribution in [1.82, 2.24) is 10.3 Å². The van der Waals surface area contributed by atoms with Gasteiger partial charge in [-0.25, -0.2) is 4.39 Å². The maximum atomic E-state index is 13.5. The zero-order chi connectivity index (χ0) is 13.7. The molecule has 0 radical (unpaired) electrons. The van der Waals surface area contributed by atoms with E-state index in [1.165, 1.54) is 6.07 Å². The second-order valence-corrected chi connectivity index (χ2v) is 4.97. The zero-order valence-electron chi connectivity index (χ0n) is 10.1. The van der Waals surface area contributed by atoms with Gasteiger partial charge in [0.05, 0.1) is 6.42 Å². The van der Waals surface area contributed by atoms with Gasteiger partial charge in [0.25, 0.3) is 0 Å². The van der Waals surface area contributed by atoms with Crippen molar-refractivity contribution >= 4 is 21.8 Å². The number of hydrogen-bond acceptors (Lipinski definition) is 2. The number of nitrogens with one attached hydrogen (secondary N) is 1. The van der Waals surface area contributed by atoms with E-state index < -0.39 is 0 Å². The summed E-state index contributed by atoms with van der Waals surface area (Å²) in [6.07, 6.45) is 3.53. The van der Waals surface area contributed by atoms with E-state index in [2.05, 4.69) is 26.2 Å². The average Bonchev–Trinajstić information content (AvgIpc) is 2.41. The highest BCUT2D eigenvalue weighted by Gasteiger charge is 2.06. The van der Waals surface area contributed by atoms with Crippen molar-refractivity contribution in [1.29, 1.82) is 0 Å². The molecule has 0 spiro atoms. The Hall–Kier alpha value is -1.75. The van der Waals surface area contributed by atoms with Crippen LogP contribution in [0.5, 0.6) is 0 Å². The molecule has 0 bridgehead atoms. The molecule has 0 saturated heterocycles. The monoisotopic (exact) mass is 322 g/mol. The Morgan fingerprint density at radius 2 is 2.21 bits per heavy atom. The standard InChI is InChI=1S/C14H12BrFN2O/c15-12-3-4-13(16)11(7-12)9-18-14(19)6-10-2-1-5-17-8-10/h1-5,7-8H,6,9H2,(H,18,19). The minimum Gasteiger partial charge on any atom is -0.352 e. The Morgan fingerprint density at radius 3 is 2.95 bits per heavy atom. The Kier molecular flexibility index (Phi) is 4.63. The van der Waals surface area contributed by atoms with Crippen LogP contribution in [0.2, 0.25) is 0 Å². The molecule has 5 heteroatoms. The minimum atomic E-state index is -0.329. The molecule has 0 saturated carbocycles. The van der Waals surface area contributed by atoms with Crippen LogP contribution >= 0.6 is 15.9 Å². The summed E-state index contributed by atoms with van der Waals surface area (Å²) in [6, 6.07) is 8.24. The molecule has 0 atom stereocenters. The SMILES string of the molecule is O=C(Cc1cccnc1)NCc1cc(Br)ccc1F. The van der Waals surface area contributed by atoms with Gasteiger partial charge in [-0.1, -0.05) is 22.0 Å². The molecular weight excluding hydrogens is 311 g/mol. The van der Waals surface area contributed by atoms with E-state index in [1.807, 2.05) is 6.07 Å². The van der Waals surface area contributed by atoms with E-state index >= 15 is 0 Å². The summed E-state index contributed by atoms with van der Waals surface area (Å²) in [5.41, 5.74) is 1.28. The van der Waals surface area contributed by atoms with Gasteiger partial charge in [-0.3, -0.25) is 9.78 Å². The number of benzene rings is 1. The maximum Gasteiger partial charge on any atom is 0.224 e. The predicted octanol–water partition coefficient (Wildman–Crippen LogP) is 2.84. The van der Waals surface area contributed by atoms with Crippen LogP contribution in [0.25, 0.3) is 0 Å². The number of carbonyl (C=O) groups is 1. The van der Waals surface area contributed by atoms with E-state index in [9.17, 15) is 9.18 Å². The number of halogens is 2. The highest BCUT2D eigenvalue weighted by Crippen LogP contribution is 2.15. The predicted molar refractivity (Wildman–Crippen MR) is 73.9 cm³/mol. The third-order valence-corrected chi connectivity index (χ3v) is 3.06. The number of amides is 1. The molecule has 0 aliphatic rings. The topological polar surface area (TPSA) is 42.0 Å². The summed E-state index contributed by atoms with van der Waals surface area (Å²) >= 11 is 3.27. The van der Waals surface area contributed by atoms with Crippen LogP contribution in [0.1, 0.15) is 11.1 Å². The van der Waals surface area contributed by atoms with Crippen molar-refractivity contribution in [3.05, 3.63) is 64.1 Å². The van der Waals surface area contributed by atoms with E-state index in [4.69, 9.17) is 0 Å². The fraction of sp³-hybridized carbons (Fsp3) is 0.143. The van der Waals surface area contributed by atoms with E-state index in [1.54, 1.807) is 30.6 Å². The molecule has 0 unspecified atom stereocenters. The van der Waals surface area contributed by atoms with Crippen molar-refractivity contribution in [3.8, 4) is 0 Å². The van der Waals surface area contributed by atoms with Crippen molar-refractivity contribution in [2.24, 2.45) is 0 Å². The number of aromatic nitrogens is 1. The van der Waals surface area contributed by atoms with Crippen molar-refractivity contribution in [2.75, 3.05) is 0 Å². The molecule has 1 heterocycles. The number of rotatable bonds is 4. The second kappa shape index (κ2) is 6.43. The molecule has 0 aliphatic heterocycles. The Morgan fingerprint density at radius 1 is 1.37 bits per heavy atom. The van der Waals surface area contributed by atoms with Gasteiger partial charge in [0.15, 0.2) is 0 Å². The Bertz CT molecular complexity index is 575. The maximum absolute atomic E-state index is 13.5. The average molecular weight is 323 g/mol. The molecule has 1 N–H and O–H groups in total. The third-order valence-electron chi connectivity index (χ3n) is 2.57. The van der Waals surface area contributed by atoms with Crippen LogP contribution < -0.4 is 5.32 Å². The van der Waals surface area contributed by atoms with Gasteiger partial charge in [-0.05, 0) is 29.8 Å². The number of hydrogen-bond donors (Lipinski definition) is 1. The summed E-state index contributed by atoms with van der Waals surface area (Å²) in [5, 5.41) is 2.69. The lowest BCUT2D eigenvalue weighted by molar-refractivity contribution is -0.120. The summed E-state index contributed by atoms with van der Waals surface area (Å²) in [7, 11) is 0. The smallest absolute Gasteiger partial charge is 0.224 e. The van der Waals surface area contributed by atoms with Crippen LogP contribution in [0, 0.1) is 5.82 Å². The highest BCUT2D eigenvalue weighted by molar-refractivity contribution is 9.10. The minimum absolute atomic E-state index is 0.160. The molecule has 1 aromatic carbocycles. The lowest BCUT2D eigenvalue weighted by Gasteiger charge is -2.07. The quantitative estimate of drug-likeness (QED) is 0.940. The first kappa shape index (κ1) is 13.7. The second-order valence-electron chi connectivity index (χ2n) is 4.05. The van der Waals surface area contributed by atoms with Crippen molar-refractivity contribution in [2.45, 2.75) is 13.0 Å². The van der Waals surface area contributed by atoms with Crippen LogP contribution in [0.3, 0.4) is 0 Å². The van der Waals surface area contributed by atoms with Crippen LogP contribution in [0.15, 0.2) is 47.2 Å². The molecular formula is C14H12BrFN2O. The largest absolute Gasteiger partial charge is 0.352 e. The summed E-state index contributed by atoms with van der Waals surface area (Å²) in [5.74, 6) is -0.489. The van der Waals surface area contributed by atoms with Gasteiger partial charge < -0.3 is 5.32 Å².